The highest BCUT2D eigenvalue weighted by Crippen LogP contribution is 2.20. The van der Waals surface area contributed by atoms with Crippen LogP contribution in [0.5, 0.6) is 0 Å². The molecule has 0 aromatic heterocycles. The van der Waals surface area contributed by atoms with Crippen LogP contribution in [0.25, 0.3) is 0 Å². The first-order valence-corrected chi connectivity index (χ1v) is 8.22. The van der Waals surface area contributed by atoms with E-state index in [9.17, 15) is 13.2 Å². The minimum absolute atomic E-state index is 0.0601. The zero-order valence-electron chi connectivity index (χ0n) is 13.5. The molecule has 0 aromatic rings. The summed E-state index contributed by atoms with van der Waals surface area (Å²) in [7, 11) is 0. The Hall–Kier alpha value is -0.980. The Kier molecular flexibility index (Phi) is 5.94. The second-order valence-corrected chi connectivity index (χ2v) is 6.47. The highest BCUT2D eigenvalue weighted by Gasteiger charge is 2.35. The molecule has 2 saturated heterocycles. The van der Waals surface area contributed by atoms with Crippen LogP contribution in [0, 0.1) is 5.92 Å². The van der Waals surface area contributed by atoms with Crippen molar-refractivity contribution >= 4 is 5.96 Å². The van der Waals surface area contributed by atoms with Gasteiger partial charge in [-0.3, -0.25) is 9.89 Å². The van der Waals surface area contributed by atoms with Crippen molar-refractivity contribution in [1.82, 2.24) is 15.1 Å². The van der Waals surface area contributed by atoms with Crippen molar-refractivity contribution in [3.05, 3.63) is 0 Å². The van der Waals surface area contributed by atoms with Gasteiger partial charge in [-0.25, -0.2) is 0 Å². The lowest BCUT2D eigenvalue weighted by molar-refractivity contribution is -0.143. The zero-order valence-corrected chi connectivity index (χ0v) is 13.5. The smallest absolute Gasteiger partial charge is 0.352 e. The summed E-state index contributed by atoms with van der Waals surface area (Å²) in [5.74, 6) is 1.51. The molecule has 2 fully saturated rings. The first-order chi connectivity index (χ1) is 10.4. The predicted octanol–water partition coefficient (Wildman–Crippen LogP) is 2.32. The molecule has 2 atom stereocenters. The molecule has 2 aliphatic heterocycles. The molecular weight excluding hydrogens is 293 g/mol. The lowest BCUT2D eigenvalue weighted by atomic mass is 10.0. The van der Waals surface area contributed by atoms with Gasteiger partial charge in [-0.1, -0.05) is 6.92 Å². The van der Waals surface area contributed by atoms with E-state index < -0.39 is 12.7 Å². The largest absolute Gasteiger partial charge is 0.401 e. The molecule has 128 valence electrons. The summed E-state index contributed by atoms with van der Waals surface area (Å²) in [6.07, 6.45) is -0.991. The first-order valence-electron chi connectivity index (χ1n) is 8.22. The van der Waals surface area contributed by atoms with Gasteiger partial charge in [0.25, 0.3) is 0 Å². The number of likely N-dealkylation sites (tertiary alicyclic amines) is 2. The van der Waals surface area contributed by atoms with E-state index in [1.807, 2.05) is 6.92 Å². The number of aliphatic imine (C=N–C) groups is 1. The van der Waals surface area contributed by atoms with Crippen LogP contribution in [0.1, 0.15) is 33.1 Å². The number of hydrogen-bond donors (Lipinski definition) is 1. The molecule has 1 N–H and O–H groups in total. The van der Waals surface area contributed by atoms with Gasteiger partial charge >= 0.3 is 6.18 Å². The summed E-state index contributed by atoms with van der Waals surface area (Å²) in [6, 6.07) is 0.0601. The van der Waals surface area contributed by atoms with E-state index in [0.717, 1.165) is 31.9 Å². The molecule has 2 heterocycles. The maximum Gasteiger partial charge on any atom is 0.401 e. The summed E-state index contributed by atoms with van der Waals surface area (Å²) < 4.78 is 37.4. The van der Waals surface area contributed by atoms with Crippen molar-refractivity contribution in [3.8, 4) is 0 Å². The summed E-state index contributed by atoms with van der Waals surface area (Å²) in [6.45, 7) is 6.98. The maximum absolute atomic E-state index is 12.5. The number of rotatable bonds is 3. The molecule has 2 rings (SSSR count). The standard InChI is InChI=1S/C15H27F3N4/c1-3-19-14(22-7-4-5-12(2)9-22)20-13-6-8-21(10-13)11-15(16,17)18/h12-13H,3-11H2,1-2H3,(H,19,20). The van der Waals surface area contributed by atoms with Gasteiger partial charge in [0.15, 0.2) is 5.96 Å². The fourth-order valence-electron chi connectivity index (χ4n) is 3.30. The van der Waals surface area contributed by atoms with Crippen LogP contribution in [-0.2, 0) is 0 Å². The number of nitrogens with one attached hydrogen (secondary N) is 1. The van der Waals surface area contributed by atoms with Gasteiger partial charge in [0.05, 0.1) is 6.54 Å². The summed E-state index contributed by atoms with van der Waals surface area (Å²) in [5.41, 5.74) is 0. The van der Waals surface area contributed by atoms with Crippen LogP contribution in [0.15, 0.2) is 4.99 Å². The Morgan fingerprint density at radius 2 is 2.00 bits per heavy atom. The lowest BCUT2D eigenvalue weighted by Crippen LogP contribution is -2.50. The summed E-state index contributed by atoms with van der Waals surface area (Å²) >= 11 is 0. The average Bonchev–Trinajstić information content (AvgIpc) is 2.83. The fourth-order valence-corrected chi connectivity index (χ4v) is 3.30. The minimum Gasteiger partial charge on any atom is -0.352 e. The van der Waals surface area contributed by atoms with Crippen molar-refractivity contribution in [1.29, 1.82) is 0 Å². The SMILES string of the molecule is CCN=C(NC1CCN(CC(F)(F)F)C1)N1CCCC(C)C1. The van der Waals surface area contributed by atoms with Crippen molar-refractivity contribution in [3.63, 3.8) is 0 Å². The number of alkyl halides is 3. The number of hydrogen-bond acceptors (Lipinski definition) is 2. The topological polar surface area (TPSA) is 30.9 Å². The predicted molar refractivity (Wildman–Crippen MR) is 82.0 cm³/mol. The number of nitrogens with zero attached hydrogens (tertiary/aromatic N) is 3. The molecular formula is C15H27F3N4. The molecule has 7 heteroatoms. The molecule has 0 aliphatic carbocycles. The minimum atomic E-state index is -4.11. The van der Waals surface area contributed by atoms with Gasteiger partial charge in [0.2, 0.25) is 0 Å². The quantitative estimate of drug-likeness (QED) is 0.639. The Morgan fingerprint density at radius 3 is 2.64 bits per heavy atom. The Balaban J connectivity index is 1.88. The van der Waals surface area contributed by atoms with Crippen LogP contribution in [0.4, 0.5) is 13.2 Å². The van der Waals surface area contributed by atoms with Crippen molar-refractivity contribution < 1.29 is 13.2 Å². The van der Waals surface area contributed by atoms with E-state index in [-0.39, 0.29) is 6.04 Å². The van der Waals surface area contributed by atoms with Crippen molar-refractivity contribution in [2.45, 2.75) is 45.3 Å². The fraction of sp³-hybridized carbons (Fsp3) is 0.933. The van der Waals surface area contributed by atoms with Gasteiger partial charge in [-0.2, -0.15) is 13.2 Å². The molecule has 2 unspecified atom stereocenters. The second kappa shape index (κ2) is 7.53. The third-order valence-electron chi connectivity index (χ3n) is 4.27. The molecule has 0 saturated carbocycles. The molecule has 22 heavy (non-hydrogen) atoms. The van der Waals surface area contributed by atoms with Crippen LogP contribution < -0.4 is 5.32 Å². The van der Waals surface area contributed by atoms with Gasteiger partial charge in [0, 0.05) is 38.8 Å². The average molecular weight is 320 g/mol. The summed E-state index contributed by atoms with van der Waals surface area (Å²) in [5, 5.41) is 3.39. The second-order valence-electron chi connectivity index (χ2n) is 6.47. The molecule has 0 amide bonds. The normalized spacial score (nSPS) is 28.2. The Bertz CT molecular complexity index is 383. The summed E-state index contributed by atoms with van der Waals surface area (Å²) in [4.78, 5) is 8.26. The van der Waals surface area contributed by atoms with Gasteiger partial charge in [-0.15, -0.1) is 0 Å². The number of guanidine groups is 1. The molecule has 4 nitrogen and oxygen atoms in total. The van der Waals surface area contributed by atoms with E-state index in [4.69, 9.17) is 0 Å². The van der Waals surface area contributed by atoms with E-state index in [1.54, 1.807) is 0 Å². The van der Waals surface area contributed by atoms with Crippen LogP contribution >= 0.6 is 0 Å². The third kappa shape index (κ3) is 5.34. The van der Waals surface area contributed by atoms with Crippen LogP contribution in [0.2, 0.25) is 0 Å². The first kappa shape index (κ1) is 17.4. The van der Waals surface area contributed by atoms with Gasteiger partial charge < -0.3 is 10.2 Å². The van der Waals surface area contributed by atoms with Crippen molar-refractivity contribution in [2.24, 2.45) is 10.9 Å². The monoisotopic (exact) mass is 320 g/mol. The van der Waals surface area contributed by atoms with E-state index in [2.05, 4.69) is 22.1 Å². The maximum atomic E-state index is 12.5. The highest BCUT2D eigenvalue weighted by atomic mass is 19.4. The highest BCUT2D eigenvalue weighted by molar-refractivity contribution is 5.80. The Morgan fingerprint density at radius 1 is 1.23 bits per heavy atom. The van der Waals surface area contributed by atoms with E-state index in [1.165, 1.54) is 11.3 Å². The van der Waals surface area contributed by atoms with E-state index in [0.29, 0.717) is 25.6 Å². The molecule has 0 bridgehead atoms. The van der Waals surface area contributed by atoms with Gasteiger partial charge in [-0.05, 0) is 32.1 Å². The molecule has 2 aliphatic rings. The molecule has 0 aromatic carbocycles. The zero-order chi connectivity index (χ0) is 16.2. The van der Waals surface area contributed by atoms with Crippen molar-refractivity contribution in [2.75, 3.05) is 39.3 Å². The molecule has 0 radical (unpaired) electrons. The Labute approximate surface area is 130 Å². The van der Waals surface area contributed by atoms with Crippen LogP contribution in [0.3, 0.4) is 0 Å². The van der Waals surface area contributed by atoms with Gasteiger partial charge in [0.1, 0.15) is 0 Å². The molecule has 0 spiro atoms. The third-order valence-corrected chi connectivity index (χ3v) is 4.27. The lowest BCUT2D eigenvalue weighted by Gasteiger charge is -2.34. The number of halogens is 3. The number of piperidine rings is 1. The van der Waals surface area contributed by atoms with Crippen LogP contribution in [-0.4, -0.2) is 67.2 Å². The van der Waals surface area contributed by atoms with E-state index >= 15 is 0 Å².